The first kappa shape index (κ1) is 34.7. The minimum Gasteiger partial charge on any atom is -0.310 e. The second kappa shape index (κ2) is 13.9. The van der Waals surface area contributed by atoms with Gasteiger partial charge in [-0.05, 0) is 99.8 Å². The Hall–Kier alpha value is -5.32. The van der Waals surface area contributed by atoms with Crippen LogP contribution in [-0.4, -0.2) is 10.2 Å². The lowest BCUT2D eigenvalue weighted by Gasteiger charge is -2.32. The van der Waals surface area contributed by atoms with Gasteiger partial charge in [-0.15, -0.1) is 11.8 Å². The molecule has 2 aliphatic rings. The number of pyridine rings is 1. The van der Waals surface area contributed by atoms with Crippen LogP contribution in [0.25, 0.3) is 11.1 Å². The van der Waals surface area contributed by atoms with Gasteiger partial charge in [-0.25, -0.2) is 0 Å². The summed E-state index contributed by atoms with van der Waals surface area (Å²) in [6, 6.07) is 46.8. The SMILES string of the molecule is CC(C)(C)c1cc(N(c2ccccc2)c2cccc(N(c3cccc(-c4cccnc4)c3)c3cccc4c3SC3C=CC=CC43)c2)cc(C(C)(C)C)c1. The average Bonchev–Trinajstić information content (AvgIpc) is 3.55. The summed E-state index contributed by atoms with van der Waals surface area (Å²) < 4.78 is 0. The smallest absolute Gasteiger partial charge is 0.0600 e. The third kappa shape index (κ3) is 6.96. The second-order valence-corrected chi connectivity index (χ2v) is 17.3. The Kier molecular flexibility index (Phi) is 9.12. The van der Waals surface area contributed by atoms with Crippen molar-refractivity contribution < 1.29 is 0 Å². The number of thioether (sulfide) groups is 1. The number of fused-ring (bicyclic) bond motifs is 3. The molecule has 264 valence electrons. The molecule has 6 aromatic rings. The lowest BCUT2D eigenvalue weighted by atomic mass is 9.80. The molecule has 0 spiro atoms. The summed E-state index contributed by atoms with van der Waals surface area (Å²) in [7, 11) is 0. The molecule has 2 heterocycles. The maximum atomic E-state index is 4.44. The van der Waals surface area contributed by atoms with Crippen molar-refractivity contribution in [3.8, 4) is 11.1 Å². The van der Waals surface area contributed by atoms with Crippen molar-refractivity contribution in [2.75, 3.05) is 9.80 Å². The lowest BCUT2D eigenvalue weighted by molar-refractivity contribution is 0.569. The number of benzene rings is 5. The normalized spacial score (nSPS) is 16.3. The third-order valence-corrected chi connectivity index (χ3v) is 11.7. The van der Waals surface area contributed by atoms with Crippen LogP contribution in [0.2, 0.25) is 0 Å². The van der Waals surface area contributed by atoms with E-state index in [9.17, 15) is 0 Å². The van der Waals surface area contributed by atoms with Gasteiger partial charge in [0.15, 0.2) is 0 Å². The topological polar surface area (TPSA) is 19.4 Å². The summed E-state index contributed by atoms with van der Waals surface area (Å²) in [6.45, 7) is 13.8. The van der Waals surface area contributed by atoms with Crippen LogP contribution in [-0.2, 0) is 10.8 Å². The van der Waals surface area contributed by atoms with E-state index in [1.54, 1.807) is 0 Å². The fourth-order valence-corrected chi connectivity index (χ4v) is 8.86. The highest BCUT2D eigenvalue weighted by Gasteiger charge is 2.34. The Morgan fingerprint density at radius 2 is 1.15 bits per heavy atom. The number of hydrogen-bond acceptors (Lipinski definition) is 4. The van der Waals surface area contributed by atoms with E-state index in [2.05, 4.69) is 202 Å². The van der Waals surface area contributed by atoms with Gasteiger partial charge in [-0.2, -0.15) is 0 Å². The van der Waals surface area contributed by atoms with E-state index in [4.69, 9.17) is 0 Å². The van der Waals surface area contributed by atoms with Crippen LogP contribution in [0.15, 0.2) is 169 Å². The molecule has 0 bridgehead atoms. The molecular weight excluding hydrogens is 663 g/mol. The molecule has 0 N–H and O–H groups in total. The quantitative estimate of drug-likeness (QED) is 0.164. The summed E-state index contributed by atoms with van der Waals surface area (Å²) in [4.78, 5) is 10.6. The van der Waals surface area contributed by atoms with Gasteiger partial charge in [0.1, 0.15) is 0 Å². The van der Waals surface area contributed by atoms with Crippen LogP contribution in [0.4, 0.5) is 34.1 Å². The maximum absolute atomic E-state index is 4.44. The van der Waals surface area contributed by atoms with Crippen LogP contribution < -0.4 is 9.80 Å². The fraction of sp³-hybridized carbons (Fsp3) is 0.204. The van der Waals surface area contributed by atoms with E-state index in [1.165, 1.54) is 27.3 Å². The number of hydrogen-bond donors (Lipinski definition) is 0. The predicted octanol–water partition coefficient (Wildman–Crippen LogP) is 14.0. The van der Waals surface area contributed by atoms with Gasteiger partial charge in [0.2, 0.25) is 0 Å². The summed E-state index contributed by atoms with van der Waals surface area (Å²) in [5.41, 5.74) is 13.0. The summed E-state index contributed by atoms with van der Waals surface area (Å²) in [6.07, 6.45) is 12.9. The number of nitrogens with zero attached hydrogens (tertiary/aromatic N) is 3. The van der Waals surface area contributed by atoms with Crippen LogP contribution in [0.3, 0.4) is 0 Å². The Labute approximate surface area is 319 Å². The van der Waals surface area contributed by atoms with Crippen molar-refractivity contribution in [2.45, 2.75) is 68.4 Å². The number of para-hydroxylation sites is 1. The first-order valence-electron chi connectivity index (χ1n) is 18.6. The number of aromatic nitrogens is 1. The Morgan fingerprint density at radius 3 is 1.85 bits per heavy atom. The van der Waals surface area contributed by atoms with Gasteiger partial charge in [-0.3, -0.25) is 4.98 Å². The molecule has 2 unspecified atom stereocenters. The van der Waals surface area contributed by atoms with Gasteiger partial charge in [0.25, 0.3) is 0 Å². The Morgan fingerprint density at radius 1 is 0.528 bits per heavy atom. The average molecular weight is 710 g/mol. The zero-order valence-corrected chi connectivity index (χ0v) is 32.3. The van der Waals surface area contributed by atoms with Crippen molar-refractivity contribution in [3.63, 3.8) is 0 Å². The number of rotatable bonds is 7. The monoisotopic (exact) mass is 709 g/mol. The predicted molar refractivity (Wildman–Crippen MR) is 227 cm³/mol. The van der Waals surface area contributed by atoms with E-state index < -0.39 is 0 Å². The molecule has 1 aliphatic carbocycles. The van der Waals surface area contributed by atoms with Crippen LogP contribution in [0, 0.1) is 0 Å². The third-order valence-electron chi connectivity index (χ3n) is 10.3. The van der Waals surface area contributed by atoms with Crippen molar-refractivity contribution in [3.05, 3.63) is 181 Å². The first-order chi connectivity index (χ1) is 25.5. The largest absolute Gasteiger partial charge is 0.310 e. The van der Waals surface area contributed by atoms with E-state index in [1.807, 2.05) is 30.2 Å². The van der Waals surface area contributed by atoms with E-state index in [0.29, 0.717) is 11.2 Å². The molecule has 2 atom stereocenters. The van der Waals surface area contributed by atoms with Gasteiger partial charge in [0.05, 0.1) is 5.69 Å². The van der Waals surface area contributed by atoms with Crippen LogP contribution in [0.1, 0.15) is 64.2 Å². The lowest BCUT2D eigenvalue weighted by Crippen LogP contribution is -2.19. The minimum absolute atomic E-state index is 0.0107. The highest BCUT2D eigenvalue weighted by atomic mass is 32.2. The molecule has 1 aromatic heterocycles. The Balaban J connectivity index is 1.33. The molecule has 0 saturated heterocycles. The van der Waals surface area contributed by atoms with Crippen molar-refractivity contribution in [2.24, 2.45) is 0 Å². The molecular formula is C49H47N3S. The molecule has 0 fully saturated rings. The second-order valence-electron chi connectivity index (χ2n) is 16.2. The zero-order chi connectivity index (χ0) is 36.7. The van der Waals surface area contributed by atoms with Crippen LogP contribution in [0.5, 0.6) is 0 Å². The van der Waals surface area contributed by atoms with Crippen LogP contribution >= 0.6 is 11.8 Å². The van der Waals surface area contributed by atoms with Gasteiger partial charge in [-0.1, -0.05) is 127 Å². The van der Waals surface area contributed by atoms with Crippen molar-refractivity contribution >= 4 is 45.9 Å². The van der Waals surface area contributed by atoms with E-state index >= 15 is 0 Å². The molecule has 4 heteroatoms. The van der Waals surface area contributed by atoms with E-state index in [0.717, 1.165) is 39.6 Å². The molecule has 53 heavy (non-hydrogen) atoms. The number of allylic oxidation sites excluding steroid dienone is 3. The minimum atomic E-state index is -0.0107. The zero-order valence-electron chi connectivity index (χ0n) is 31.5. The summed E-state index contributed by atoms with van der Waals surface area (Å²) in [5.74, 6) is 0.371. The maximum Gasteiger partial charge on any atom is 0.0600 e. The standard InChI is InChI=1S/C49H47N3S/c1-48(2,3)36-29-37(49(4,5)6)31-42(30-36)51(38-18-8-7-9-19-38)40-21-13-22-41(32-40)52(39-20-12-16-34(28-39)35-17-15-27-50-33-35)45-25-14-24-44-43-23-10-11-26-46(43)53-47(44)45/h7-33,43,46H,1-6H3. The summed E-state index contributed by atoms with van der Waals surface area (Å²) in [5, 5.41) is 0.395. The Bertz CT molecular complexity index is 2280. The molecule has 0 radical (unpaired) electrons. The molecule has 3 nitrogen and oxygen atoms in total. The summed E-state index contributed by atoms with van der Waals surface area (Å²) >= 11 is 1.98. The van der Waals surface area contributed by atoms with Gasteiger partial charge in [0, 0.05) is 62.5 Å². The highest BCUT2D eigenvalue weighted by molar-refractivity contribution is 8.00. The number of anilines is 6. The molecule has 8 rings (SSSR count). The molecule has 1 aliphatic heterocycles. The van der Waals surface area contributed by atoms with Gasteiger partial charge >= 0.3 is 0 Å². The van der Waals surface area contributed by atoms with Crippen molar-refractivity contribution in [1.82, 2.24) is 4.98 Å². The van der Waals surface area contributed by atoms with Crippen molar-refractivity contribution in [1.29, 1.82) is 0 Å². The first-order valence-corrected chi connectivity index (χ1v) is 19.5. The highest BCUT2D eigenvalue weighted by Crippen LogP contribution is 2.54. The fourth-order valence-electron chi connectivity index (χ4n) is 7.41. The molecule has 0 amide bonds. The molecule has 5 aromatic carbocycles. The van der Waals surface area contributed by atoms with E-state index in [-0.39, 0.29) is 10.8 Å². The van der Waals surface area contributed by atoms with Gasteiger partial charge < -0.3 is 9.80 Å². The molecule has 0 saturated carbocycles.